The van der Waals surface area contributed by atoms with Gasteiger partial charge in [0.05, 0.1) is 5.69 Å². The summed E-state index contributed by atoms with van der Waals surface area (Å²) in [5.41, 5.74) is 3.34. The first kappa shape index (κ1) is 17.8. The average molecular weight is 419 g/mol. The second kappa shape index (κ2) is 7.06. The molecule has 0 aliphatic heterocycles. The van der Waals surface area contributed by atoms with E-state index in [9.17, 15) is 9.18 Å². The molecule has 0 atom stereocenters. The number of halogens is 2. The van der Waals surface area contributed by atoms with Crippen LogP contribution in [-0.2, 0) is 0 Å². The van der Waals surface area contributed by atoms with Gasteiger partial charge in [0.15, 0.2) is 0 Å². The van der Waals surface area contributed by atoms with Crippen molar-refractivity contribution in [3.63, 3.8) is 0 Å². The van der Waals surface area contributed by atoms with Gasteiger partial charge in [-0.05, 0) is 61.9 Å². The predicted octanol–water partition coefficient (Wildman–Crippen LogP) is 5.61. The molecule has 25 heavy (non-hydrogen) atoms. The SMILES string of the molecule is Cc1cc(Br)ccc1N(C)C(=O)c1sc(-c2ccc(F)cc2)nc1C. The van der Waals surface area contributed by atoms with Crippen LogP contribution in [0.2, 0.25) is 0 Å². The summed E-state index contributed by atoms with van der Waals surface area (Å²) in [6.07, 6.45) is 0. The molecule has 3 rings (SSSR count). The third kappa shape index (κ3) is 3.65. The maximum Gasteiger partial charge on any atom is 0.270 e. The second-order valence-electron chi connectivity index (χ2n) is 5.74. The van der Waals surface area contributed by atoms with Crippen molar-refractivity contribution in [2.75, 3.05) is 11.9 Å². The second-order valence-corrected chi connectivity index (χ2v) is 7.65. The van der Waals surface area contributed by atoms with Crippen molar-refractivity contribution in [1.29, 1.82) is 0 Å². The largest absolute Gasteiger partial charge is 0.310 e. The lowest BCUT2D eigenvalue weighted by Crippen LogP contribution is -2.26. The zero-order valence-electron chi connectivity index (χ0n) is 14.0. The van der Waals surface area contributed by atoms with Crippen LogP contribution in [-0.4, -0.2) is 17.9 Å². The average Bonchev–Trinajstić information content (AvgIpc) is 2.96. The Morgan fingerprint density at radius 3 is 2.48 bits per heavy atom. The highest BCUT2D eigenvalue weighted by Crippen LogP contribution is 2.31. The monoisotopic (exact) mass is 418 g/mol. The van der Waals surface area contributed by atoms with Crippen molar-refractivity contribution in [2.24, 2.45) is 0 Å². The lowest BCUT2D eigenvalue weighted by Gasteiger charge is -2.19. The van der Waals surface area contributed by atoms with Gasteiger partial charge >= 0.3 is 0 Å². The van der Waals surface area contributed by atoms with E-state index in [1.54, 1.807) is 24.1 Å². The quantitative estimate of drug-likeness (QED) is 0.553. The van der Waals surface area contributed by atoms with Crippen molar-refractivity contribution in [1.82, 2.24) is 4.98 Å². The van der Waals surface area contributed by atoms with Crippen LogP contribution in [0.5, 0.6) is 0 Å². The van der Waals surface area contributed by atoms with E-state index < -0.39 is 0 Å². The van der Waals surface area contributed by atoms with Crippen LogP contribution >= 0.6 is 27.3 Å². The first-order valence-electron chi connectivity index (χ1n) is 7.64. The van der Waals surface area contributed by atoms with E-state index in [0.29, 0.717) is 15.6 Å². The number of aromatic nitrogens is 1. The fourth-order valence-electron chi connectivity index (χ4n) is 2.57. The third-order valence-electron chi connectivity index (χ3n) is 3.91. The highest BCUT2D eigenvalue weighted by atomic mass is 79.9. The predicted molar refractivity (Wildman–Crippen MR) is 104 cm³/mol. The van der Waals surface area contributed by atoms with Crippen LogP contribution in [0.3, 0.4) is 0 Å². The summed E-state index contributed by atoms with van der Waals surface area (Å²) >= 11 is 4.76. The van der Waals surface area contributed by atoms with Gasteiger partial charge in [0.25, 0.3) is 5.91 Å². The maximum atomic E-state index is 13.1. The molecular formula is C19H16BrFN2OS. The normalized spacial score (nSPS) is 10.8. The van der Waals surface area contributed by atoms with Crippen molar-refractivity contribution in [3.05, 3.63) is 68.9 Å². The van der Waals surface area contributed by atoms with E-state index in [-0.39, 0.29) is 11.7 Å². The number of aryl methyl sites for hydroxylation is 2. The van der Waals surface area contributed by atoms with Crippen molar-refractivity contribution >= 4 is 38.9 Å². The summed E-state index contributed by atoms with van der Waals surface area (Å²) in [7, 11) is 1.76. The molecule has 1 amide bonds. The van der Waals surface area contributed by atoms with E-state index in [0.717, 1.165) is 21.3 Å². The van der Waals surface area contributed by atoms with Crippen molar-refractivity contribution < 1.29 is 9.18 Å². The zero-order chi connectivity index (χ0) is 18.1. The molecule has 0 spiro atoms. The minimum absolute atomic E-state index is 0.103. The van der Waals surface area contributed by atoms with Gasteiger partial charge in [-0.1, -0.05) is 15.9 Å². The topological polar surface area (TPSA) is 33.2 Å². The number of carbonyl (C=O) groups is 1. The molecule has 3 nitrogen and oxygen atoms in total. The number of hydrogen-bond donors (Lipinski definition) is 0. The van der Waals surface area contributed by atoms with Gasteiger partial charge in [0.1, 0.15) is 15.7 Å². The van der Waals surface area contributed by atoms with Crippen molar-refractivity contribution in [3.8, 4) is 10.6 Å². The lowest BCUT2D eigenvalue weighted by atomic mass is 10.2. The fourth-order valence-corrected chi connectivity index (χ4v) is 4.09. The molecule has 0 unspecified atom stereocenters. The first-order chi connectivity index (χ1) is 11.9. The van der Waals surface area contributed by atoms with Gasteiger partial charge in [-0.2, -0.15) is 0 Å². The molecule has 0 fully saturated rings. The Hall–Kier alpha value is -2.05. The summed E-state index contributed by atoms with van der Waals surface area (Å²) < 4.78 is 14.1. The van der Waals surface area contributed by atoms with E-state index >= 15 is 0 Å². The summed E-state index contributed by atoms with van der Waals surface area (Å²) in [6.45, 7) is 3.78. The zero-order valence-corrected chi connectivity index (χ0v) is 16.4. The Bertz CT molecular complexity index is 937. The molecule has 3 aromatic rings. The van der Waals surface area contributed by atoms with Gasteiger partial charge in [-0.25, -0.2) is 9.37 Å². The number of anilines is 1. The van der Waals surface area contributed by atoms with Gasteiger partial charge in [-0.3, -0.25) is 4.79 Å². The Morgan fingerprint density at radius 2 is 1.84 bits per heavy atom. The molecule has 6 heteroatoms. The van der Waals surface area contributed by atoms with Crippen LogP contribution in [0.4, 0.5) is 10.1 Å². The molecule has 0 aliphatic rings. The van der Waals surface area contributed by atoms with Gasteiger partial charge < -0.3 is 4.90 Å². The van der Waals surface area contributed by atoms with E-state index in [4.69, 9.17) is 0 Å². The first-order valence-corrected chi connectivity index (χ1v) is 9.25. The smallest absolute Gasteiger partial charge is 0.270 e. The number of amides is 1. The minimum atomic E-state index is -0.293. The van der Waals surface area contributed by atoms with Gasteiger partial charge in [-0.15, -0.1) is 11.3 Å². The molecule has 2 aromatic carbocycles. The Kier molecular flexibility index (Phi) is 5.01. The van der Waals surface area contributed by atoms with Gasteiger partial charge in [0, 0.05) is 22.8 Å². The molecule has 0 saturated carbocycles. The standard InChI is InChI=1S/C19H16BrFN2OS/c1-11-10-14(20)6-9-16(11)23(3)19(24)17-12(2)22-18(25-17)13-4-7-15(21)8-5-13/h4-10H,1-3H3. The number of thiazole rings is 1. The Morgan fingerprint density at radius 1 is 1.16 bits per heavy atom. The Labute approximate surface area is 158 Å². The number of nitrogens with zero attached hydrogens (tertiary/aromatic N) is 2. The molecule has 1 aromatic heterocycles. The molecule has 0 N–H and O–H groups in total. The molecule has 128 valence electrons. The third-order valence-corrected chi connectivity index (χ3v) is 5.59. The summed E-state index contributed by atoms with van der Waals surface area (Å²) in [5, 5.41) is 0.710. The minimum Gasteiger partial charge on any atom is -0.310 e. The van der Waals surface area contributed by atoms with E-state index in [2.05, 4.69) is 20.9 Å². The highest BCUT2D eigenvalue weighted by molar-refractivity contribution is 9.10. The fraction of sp³-hybridized carbons (Fsp3) is 0.158. The molecule has 0 radical (unpaired) electrons. The van der Waals surface area contributed by atoms with Gasteiger partial charge in [0.2, 0.25) is 0 Å². The number of hydrogen-bond acceptors (Lipinski definition) is 3. The van der Waals surface area contributed by atoms with Crippen LogP contribution in [0.15, 0.2) is 46.9 Å². The van der Waals surface area contributed by atoms with Crippen LogP contribution in [0.25, 0.3) is 10.6 Å². The lowest BCUT2D eigenvalue weighted by molar-refractivity contribution is 0.0996. The molecule has 0 aliphatic carbocycles. The van der Waals surface area contributed by atoms with E-state index in [1.165, 1.54) is 23.5 Å². The van der Waals surface area contributed by atoms with E-state index in [1.807, 2.05) is 32.0 Å². The summed E-state index contributed by atoms with van der Waals surface area (Å²) in [6, 6.07) is 11.9. The Balaban J connectivity index is 1.93. The number of carbonyl (C=O) groups excluding carboxylic acids is 1. The molecule has 0 bridgehead atoms. The molecule has 0 saturated heterocycles. The summed E-state index contributed by atoms with van der Waals surface area (Å²) in [5.74, 6) is -0.396. The van der Waals surface area contributed by atoms with Crippen LogP contribution in [0, 0.1) is 19.7 Å². The van der Waals surface area contributed by atoms with Crippen molar-refractivity contribution in [2.45, 2.75) is 13.8 Å². The molecule has 1 heterocycles. The number of benzene rings is 2. The highest BCUT2D eigenvalue weighted by Gasteiger charge is 2.21. The molecular weight excluding hydrogens is 403 g/mol. The number of rotatable bonds is 3. The van der Waals surface area contributed by atoms with Crippen LogP contribution < -0.4 is 4.90 Å². The maximum absolute atomic E-state index is 13.1. The summed E-state index contributed by atoms with van der Waals surface area (Å²) in [4.78, 5) is 19.6. The van der Waals surface area contributed by atoms with Crippen LogP contribution in [0.1, 0.15) is 20.9 Å².